The number of hydrogen-bond acceptors (Lipinski definition) is 2. The van der Waals surface area contributed by atoms with E-state index in [0.29, 0.717) is 6.42 Å². The van der Waals surface area contributed by atoms with Crippen molar-refractivity contribution < 1.29 is 4.79 Å². The van der Waals surface area contributed by atoms with Crippen molar-refractivity contribution >= 4 is 11.5 Å². The van der Waals surface area contributed by atoms with Crippen LogP contribution < -0.4 is 4.90 Å². The maximum atomic E-state index is 11.9. The Morgan fingerprint density at radius 3 is 2.39 bits per heavy atom. The van der Waals surface area contributed by atoms with E-state index in [0.717, 1.165) is 31.5 Å². The highest BCUT2D eigenvalue weighted by Crippen LogP contribution is 2.20. The standard InChI is InChI=1S/C16H23NO/c1-2-3-7-16(18)14-8-10-15(11-9-14)17-12-5-4-6-13-17/h8-11H,2-7,12-13H2,1H3. The van der Waals surface area contributed by atoms with Gasteiger partial charge in [0, 0.05) is 30.8 Å². The van der Waals surface area contributed by atoms with Gasteiger partial charge in [0.25, 0.3) is 0 Å². The van der Waals surface area contributed by atoms with Crippen LogP contribution >= 0.6 is 0 Å². The zero-order valence-electron chi connectivity index (χ0n) is 11.3. The molecular weight excluding hydrogens is 222 g/mol. The van der Waals surface area contributed by atoms with E-state index >= 15 is 0 Å². The van der Waals surface area contributed by atoms with Gasteiger partial charge in [-0.25, -0.2) is 0 Å². The molecule has 1 aliphatic rings. The lowest BCUT2D eigenvalue weighted by molar-refractivity contribution is 0.0980. The summed E-state index contributed by atoms with van der Waals surface area (Å²) < 4.78 is 0. The summed E-state index contributed by atoms with van der Waals surface area (Å²) in [5.74, 6) is 0.280. The molecule has 98 valence electrons. The maximum Gasteiger partial charge on any atom is 0.162 e. The Bertz CT molecular complexity index is 377. The van der Waals surface area contributed by atoms with E-state index < -0.39 is 0 Å². The number of hydrogen-bond donors (Lipinski definition) is 0. The number of Topliss-reactive ketones (excluding diaryl/α,β-unsaturated/α-hetero) is 1. The Labute approximate surface area is 110 Å². The summed E-state index contributed by atoms with van der Waals surface area (Å²) in [6.45, 7) is 4.43. The summed E-state index contributed by atoms with van der Waals surface area (Å²) in [5, 5.41) is 0. The summed E-state index contributed by atoms with van der Waals surface area (Å²) in [5.41, 5.74) is 2.13. The fourth-order valence-corrected chi connectivity index (χ4v) is 2.49. The van der Waals surface area contributed by atoms with Gasteiger partial charge in [0.1, 0.15) is 0 Å². The lowest BCUT2D eigenvalue weighted by Gasteiger charge is -2.28. The van der Waals surface area contributed by atoms with E-state index in [9.17, 15) is 4.79 Å². The second-order valence-electron chi connectivity index (χ2n) is 5.12. The van der Waals surface area contributed by atoms with Gasteiger partial charge in [-0.2, -0.15) is 0 Å². The highest BCUT2D eigenvalue weighted by atomic mass is 16.1. The van der Waals surface area contributed by atoms with Gasteiger partial charge in [0.05, 0.1) is 0 Å². The van der Waals surface area contributed by atoms with Crippen LogP contribution in [0.5, 0.6) is 0 Å². The molecule has 0 aliphatic carbocycles. The van der Waals surface area contributed by atoms with Crippen molar-refractivity contribution in [3.8, 4) is 0 Å². The van der Waals surface area contributed by atoms with Crippen molar-refractivity contribution in [2.24, 2.45) is 0 Å². The third-order valence-electron chi connectivity index (χ3n) is 3.67. The zero-order valence-corrected chi connectivity index (χ0v) is 11.3. The summed E-state index contributed by atoms with van der Waals surface area (Å²) in [7, 11) is 0. The second kappa shape index (κ2) is 6.58. The van der Waals surface area contributed by atoms with Crippen molar-refractivity contribution in [2.45, 2.75) is 45.4 Å². The third kappa shape index (κ3) is 3.34. The van der Waals surface area contributed by atoms with Gasteiger partial charge in [-0.05, 0) is 49.9 Å². The zero-order chi connectivity index (χ0) is 12.8. The van der Waals surface area contributed by atoms with Crippen molar-refractivity contribution in [3.63, 3.8) is 0 Å². The molecule has 1 aromatic rings. The molecule has 1 heterocycles. The second-order valence-corrected chi connectivity index (χ2v) is 5.12. The van der Waals surface area contributed by atoms with Crippen molar-refractivity contribution in [1.82, 2.24) is 0 Å². The van der Waals surface area contributed by atoms with E-state index in [2.05, 4.69) is 24.0 Å². The van der Waals surface area contributed by atoms with E-state index in [1.54, 1.807) is 0 Å². The number of piperidine rings is 1. The van der Waals surface area contributed by atoms with Crippen LogP contribution in [0.4, 0.5) is 5.69 Å². The van der Waals surface area contributed by atoms with Gasteiger partial charge >= 0.3 is 0 Å². The van der Waals surface area contributed by atoms with Gasteiger partial charge in [-0.15, -0.1) is 0 Å². The largest absolute Gasteiger partial charge is 0.372 e. The first kappa shape index (κ1) is 13.1. The van der Waals surface area contributed by atoms with Gasteiger partial charge in [0.2, 0.25) is 0 Å². The molecule has 0 spiro atoms. The van der Waals surface area contributed by atoms with E-state index in [4.69, 9.17) is 0 Å². The normalized spacial score (nSPS) is 15.7. The Balaban J connectivity index is 1.98. The van der Waals surface area contributed by atoms with Gasteiger partial charge in [-0.3, -0.25) is 4.79 Å². The topological polar surface area (TPSA) is 20.3 Å². The molecule has 0 bridgehead atoms. The first-order valence-electron chi connectivity index (χ1n) is 7.19. The minimum Gasteiger partial charge on any atom is -0.372 e. The molecule has 18 heavy (non-hydrogen) atoms. The molecule has 1 aliphatic heterocycles. The number of unbranched alkanes of at least 4 members (excludes halogenated alkanes) is 1. The molecule has 1 fully saturated rings. The Kier molecular flexibility index (Phi) is 4.80. The Hall–Kier alpha value is -1.31. The van der Waals surface area contributed by atoms with Crippen LogP contribution in [0.25, 0.3) is 0 Å². The van der Waals surface area contributed by atoms with Gasteiger partial charge in [0.15, 0.2) is 5.78 Å². The summed E-state index contributed by atoms with van der Waals surface area (Å²) in [4.78, 5) is 14.3. The summed E-state index contributed by atoms with van der Waals surface area (Å²) >= 11 is 0. The van der Waals surface area contributed by atoms with E-state index in [-0.39, 0.29) is 5.78 Å². The molecule has 0 unspecified atom stereocenters. The predicted octanol–water partition coefficient (Wildman–Crippen LogP) is 4.05. The molecule has 0 aromatic heterocycles. The van der Waals surface area contributed by atoms with Crippen molar-refractivity contribution in [1.29, 1.82) is 0 Å². The van der Waals surface area contributed by atoms with E-state index in [1.165, 1.54) is 24.9 Å². The van der Waals surface area contributed by atoms with Crippen LogP contribution in [0, 0.1) is 0 Å². The quantitative estimate of drug-likeness (QED) is 0.729. The molecule has 0 saturated carbocycles. The average Bonchev–Trinajstić information content (AvgIpc) is 2.46. The van der Waals surface area contributed by atoms with Crippen LogP contribution in [0.3, 0.4) is 0 Å². The number of nitrogens with zero attached hydrogens (tertiary/aromatic N) is 1. The number of carbonyl (C=O) groups excluding carboxylic acids is 1. The van der Waals surface area contributed by atoms with Crippen LogP contribution in [0.2, 0.25) is 0 Å². The molecule has 1 aromatic carbocycles. The Morgan fingerprint density at radius 2 is 1.78 bits per heavy atom. The molecule has 0 amide bonds. The first-order chi connectivity index (χ1) is 8.81. The number of ketones is 1. The SMILES string of the molecule is CCCCC(=O)c1ccc(N2CCCCC2)cc1. The minimum atomic E-state index is 0.280. The fraction of sp³-hybridized carbons (Fsp3) is 0.562. The highest BCUT2D eigenvalue weighted by Gasteiger charge is 2.11. The van der Waals surface area contributed by atoms with Gasteiger partial charge < -0.3 is 4.90 Å². The monoisotopic (exact) mass is 245 g/mol. The van der Waals surface area contributed by atoms with Crippen molar-refractivity contribution in [2.75, 3.05) is 18.0 Å². The molecule has 2 rings (SSSR count). The maximum absolute atomic E-state index is 11.9. The number of anilines is 1. The molecule has 0 atom stereocenters. The van der Waals surface area contributed by atoms with E-state index in [1.807, 2.05) is 12.1 Å². The lowest BCUT2D eigenvalue weighted by atomic mass is 10.0. The highest BCUT2D eigenvalue weighted by molar-refractivity contribution is 5.96. The van der Waals surface area contributed by atoms with Crippen LogP contribution in [-0.2, 0) is 0 Å². The first-order valence-corrected chi connectivity index (χ1v) is 7.19. The van der Waals surface area contributed by atoms with Crippen molar-refractivity contribution in [3.05, 3.63) is 29.8 Å². The number of carbonyl (C=O) groups is 1. The molecule has 2 nitrogen and oxygen atoms in total. The van der Waals surface area contributed by atoms with Crippen LogP contribution in [0.1, 0.15) is 55.8 Å². The molecular formula is C16H23NO. The average molecular weight is 245 g/mol. The predicted molar refractivity (Wildman–Crippen MR) is 76.4 cm³/mol. The third-order valence-corrected chi connectivity index (χ3v) is 3.67. The molecule has 0 radical (unpaired) electrons. The summed E-state index contributed by atoms with van der Waals surface area (Å²) in [6, 6.07) is 8.18. The Morgan fingerprint density at radius 1 is 1.11 bits per heavy atom. The minimum absolute atomic E-state index is 0.280. The molecule has 1 saturated heterocycles. The smallest absolute Gasteiger partial charge is 0.162 e. The molecule has 0 N–H and O–H groups in total. The van der Waals surface area contributed by atoms with Crippen LogP contribution in [0.15, 0.2) is 24.3 Å². The fourth-order valence-electron chi connectivity index (χ4n) is 2.49. The van der Waals surface area contributed by atoms with Gasteiger partial charge in [-0.1, -0.05) is 13.3 Å². The lowest BCUT2D eigenvalue weighted by Crippen LogP contribution is -2.29. The molecule has 2 heteroatoms. The summed E-state index contributed by atoms with van der Waals surface area (Å²) in [6.07, 6.45) is 6.68. The number of rotatable bonds is 5. The van der Waals surface area contributed by atoms with Crippen LogP contribution in [-0.4, -0.2) is 18.9 Å². The number of benzene rings is 1.